The second kappa shape index (κ2) is 7.27. The molecule has 3 rings (SSSR count). The number of carbonyl (C=O) groups excluding carboxylic acids is 1. The SMILES string of the molecule is Cc1cc(C(=O)CSc2nncs2)c(C)n1Cc1ccc(F)cc1. The Bertz CT molecular complexity index is 842. The van der Waals surface area contributed by atoms with Gasteiger partial charge in [0.1, 0.15) is 11.3 Å². The Morgan fingerprint density at radius 2 is 2.04 bits per heavy atom. The molecule has 0 bridgehead atoms. The van der Waals surface area contributed by atoms with Gasteiger partial charge in [-0.05, 0) is 37.6 Å². The largest absolute Gasteiger partial charge is 0.344 e. The van der Waals surface area contributed by atoms with Crippen LogP contribution in [0.1, 0.15) is 27.3 Å². The molecule has 7 heteroatoms. The highest BCUT2D eigenvalue weighted by molar-refractivity contribution is 8.01. The van der Waals surface area contributed by atoms with E-state index < -0.39 is 0 Å². The van der Waals surface area contributed by atoms with Gasteiger partial charge in [-0.15, -0.1) is 10.2 Å². The molecule has 1 aromatic carbocycles. The van der Waals surface area contributed by atoms with Crippen LogP contribution in [0.15, 0.2) is 40.2 Å². The van der Waals surface area contributed by atoms with E-state index in [1.54, 1.807) is 17.6 Å². The maximum absolute atomic E-state index is 13.0. The number of benzene rings is 1. The lowest BCUT2D eigenvalue weighted by Gasteiger charge is -2.10. The van der Waals surface area contributed by atoms with Crippen molar-refractivity contribution in [3.8, 4) is 0 Å². The first-order valence-corrected chi connectivity index (χ1v) is 9.24. The molecule has 0 saturated carbocycles. The van der Waals surface area contributed by atoms with Crippen LogP contribution in [0.25, 0.3) is 0 Å². The number of Topliss-reactive ketones (excluding diaryl/α,β-unsaturated/α-hetero) is 1. The van der Waals surface area contributed by atoms with E-state index in [1.165, 1.54) is 35.2 Å². The number of aromatic nitrogens is 3. The summed E-state index contributed by atoms with van der Waals surface area (Å²) in [5.41, 5.74) is 5.33. The van der Waals surface area contributed by atoms with Gasteiger partial charge in [0, 0.05) is 23.5 Å². The van der Waals surface area contributed by atoms with E-state index in [4.69, 9.17) is 0 Å². The van der Waals surface area contributed by atoms with E-state index in [9.17, 15) is 9.18 Å². The van der Waals surface area contributed by atoms with E-state index in [0.717, 1.165) is 26.9 Å². The van der Waals surface area contributed by atoms with Crippen molar-refractivity contribution in [3.63, 3.8) is 0 Å². The van der Waals surface area contributed by atoms with Crippen LogP contribution in [-0.4, -0.2) is 26.3 Å². The minimum absolute atomic E-state index is 0.0775. The van der Waals surface area contributed by atoms with E-state index in [1.807, 2.05) is 19.9 Å². The summed E-state index contributed by atoms with van der Waals surface area (Å²) < 4.78 is 15.9. The van der Waals surface area contributed by atoms with Crippen LogP contribution in [-0.2, 0) is 6.54 Å². The van der Waals surface area contributed by atoms with Crippen LogP contribution in [0.4, 0.5) is 4.39 Å². The lowest BCUT2D eigenvalue weighted by atomic mass is 10.2. The molecule has 3 aromatic rings. The van der Waals surface area contributed by atoms with Crippen LogP contribution in [0.2, 0.25) is 0 Å². The third-order valence-corrected chi connectivity index (χ3v) is 5.66. The number of hydrogen-bond acceptors (Lipinski definition) is 5. The quantitative estimate of drug-likeness (QED) is 0.489. The molecule has 0 aliphatic rings. The number of aryl methyl sites for hydroxylation is 1. The molecule has 124 valence electrons. The minimum atomic E-state index is -0.246. The van der Waals surface area contributed by atoms with Crippen molar-refractivity contribution < 1.29 is 9.18 Å². The molecule has 0 fully saturated rings. The van der Waals surface area contributed by atoms with Crippen molar-refractivity contribution in [1.29, 1.82) is 0 Å². The average molecular weight is 361 g/mol. The van der Waals surface area contributed by atoms with Gasteiger partial charge in [-0.25, -0.2) is 4.39 Å². The molecule has 2 aromatic heterocycles. The maximum atomic E-state index is 13.0. The molecule has 0 amide bonds. The Morgan fingerprint density at radius 3 is 2.71 bits per heavy atom. The van der Waals surface area contributed by atoms with Crippen molar-refractivity contribution in [2.45, 2.75) is 24.7 Å². The van der Waals surface area contributed by atoms with Gasteiger partial charge in [0.05, 0.1) is 5.75 Å². The Labute approximate surface area is 147 Å². The fourth-order valence-electron chi connectivity index (χ4n) is 2.53. The molecule has 0 unspecified atom stereocenters. The molecular formula is C17H16FN3OS2. The summed E-state index contributed by atoms with van der Waals surface area (Å²) in [4.78, 5) is 12.5. The summed E-state index contributed by atoms with van der Waals surface area (Å²) in [5, 5.41) is 7.70. The van der Waals surface area contributed by atoms with Gasteiger partial charge < -0.3 is 4.57 Å². The third-order valence-electron chi connectivity index (χ3n) is 3.79. The molecule has 0 radical (unpaired) electrons. The van der Waals surface area contributed by atoms with Crippen LogP contribution in [0.3, 0.4) is 0 Å². The normalized spacial score (nSPS) is 11.0. The van der Waals surface area contributed by atoms with E-state index in [2.05, 4.69) is 14.8 Å². The molecule has 0 spiro atoms. The van der Waals surface area contributed by atoms with Gasteiger partial charge in [-0.1, -0.05) is 35.2 Å². The number of ketones is 1. The Hall–Kier alpha value is -1.99. The lowest BCUT2D eigenvalue weighted by molar-refractivity contribution is 0.102. The topological polar surface area (TPSA) is 47.8 Å². The standard InChI is InChI=1S/C17H16FN3OS2/c1-11-7-15(16(22)9-23-17-20-19-10-24-17)12(2)21(11)8-13-3-5-14(18)6-4-13/h3-7,10H,8-9H2,1-2H3. The van der Waals surface area contributed by atoms with E-state index in [-0.39, 0.29) is 11.6 Å². The first kappa shape index (κ1) is 16.9. The smallest absolute Gasteiger partial charge is 0.174 e. The Morgan fingerprint density at radius 1 is 1.29 bits per heavy atom. The summed E-state index contributed by atoms with van der Waals surface area (Å²) in [6.45, 7) is 4.54. The Balaban J connectivity index is 1.75. The van der Waals surface area contributed by atoms with Crippen molar-refractivity contribution in [3.05, 3.63) is 64.2 Å². The van der Waals surface area contributed by atoms with Crippen molar-refractivity contribution in [1.82, 2.24) is 14.8 Å². The maximum Gasteiger partial charge on any atom is 0.174 e. The predicted molar refractivity (Wildman–Crippen MR) is 94.4 cm³/mol. The van der Waals surface area contributed by atoms with Crippen LogP contribution in [0, 0.1) is 19.7 Å². The number of nitrogens with zero attached hydrogens (tertiary/aromatic N) is 3. The minimum Gasteiger partial charge on any atom is -0.344 e. The van der Waals surface area contributed by atoms with Gasteiger partial charge in [0.2, 0.25) is 0 Å². The van der Waals surface area contributed by atoms with Gasteiger partial charge >= 0.3 is 0 Å². The number of rotatable bonds is 6. The van der Waals surface area contributed by atoms with Gasteiger partial charge in [-0.2, -0.15) is 0 Å². The fourth-order valence-corrected chi connectivity index (χ4v) is 3.90. The monoisotopic (exact) mass is 361 g/mol. The summed E-state index contributed by atoms with van der Waals surface area (Å²) in [7, 11) is 0. The molecule has 24 heavy (non-hydrogen) atoms. The highest BCUT2D eigenvalue weighted by Crippen LogP contribution is 2.23. The lowest BCUT2D eigenvalue weighted by Crippen LogP contribution is -2.07. The second-order valence-corrected chi connectivity index (χ2v) is 7.47. The summed E-state index contributed by atoms with van der Waals surface area (Å²) in [6.07, 6.45) is 0. The fraction of sp³-hybridized carbons (Fsp3) is 0.235. The van der Waals surface area contributed by atoms with Gasteiger partial charge in [-0.3, -0.25) is 4.79 Å². The zero-order valence-corrected chi connectivity index (χ0v) is 15.0. The summed E-state index contributed by atoms with van der Waals surface area (Å²) in [6, 6.07) is 8.35. The molecular weight excluding hydrogens is 345 g/mol. The van der Waals surface area contributed by atoms with E-state index in [0.29, 0.717) is 12.3 Å². The molecule has 0 N–H and O–H groups in total. The summed E-state index contributed by atoms with van der Waals surface area (Å²) in [5.74, 6) is 0.175. The zero-order valence-electron chi connectivity index (χ0n) is 13.3. The number of halogens is 1. The van der Waals surface area contributed by atoms with Crippen molar-refractivity contribution >= 4 is 28.9 Å². The first-order chi connectivity index (χ1) is 11.5. The molecule has 0 saturated heterocycles. The molecule has 0 atom stereocenters. The van der Waals surface area contributed by atoms with Gasteiger partial charge in [0.25, 0.3) is 0 Å². The second-order valence-electron chi connectivity index (χ2n) is 5.41. The van der Waals surface area contributed by atoms with E-state index >= 15 is 0 Å². The average Bonchev–Trinajstić information content (AvgIpc) is 3.18. The molecule has 2 heterocycles. The highest BCUT2D eigenvalue weighted by Gasteiger charge is 2.16. The first-order valence-electron chi connectivity index (χ1n) is 7.38. The van der Waals surface area contributed by atoms with Crippen molar-refractivity contribution in [2.24, 2.45) is 0 Å². The number of hydrogen-bond donors (Lipinski definition) is 0. The molecule has 0 aliphatic heterocycles. The Kier molecular flexibility index (Phi) is 5.11. The third kappa shape index (κ3) is 3.73. The van der Waals surface area contributed by atoms with Crippen LogP contribution in [0.5, 0.6) is 0 Å². The predicted octanol–water partition coefficient (Wildman–Crippen LogP) is 4.12. The molecule has 4 nitrogen and oxygen atoms in total. The van der Waals surface area contributed by atoms with Crippen LogP contribution >= 0.6 is 23.1 Å². The number of thioether (sulfide) groups is 1. The highest BCUT2D eigenvalue weighted by atomic mass is 32.2. The zero-order chi connectivity index (χ0) is 17.1. The van der Waals surface area contributed by atoms with Crippen molar-refractivity contribution in [2.75, 3.05) is 5.75 Å². The summed E-state index contributed by atoms with van der Waals surface area (Å²) >= 11 is 2.83. The number of carbonyl (C=O) groups is 1. The van der Waals surface area contributed by atoms with Gasteiger partial charge in [0.15, 0.2) is 10.1 Å². The molecule has 0 aliphatic carbocycles. The van der Waals surface area contributed by atoms with Crippen LogP contribution < -0.4 is 0 Å².